The summed E-state index contributed by atoms with van der Waals surface area (Å²) in [5, 5.41) is 3.18. The standard InChI is InChI=1S/C15H23FN2S/c1-15(2)7-9-18(11-12-19-15)10-8-17-14-6-4-3-5-13(14)16/h3-6,17H,7-12H2,1-2H3. The summed E-state index contributed by atoms with van der Waals surface area (Å²) in [5.74, 6) is 1.02. The van der Waals surface area contributed by atoms with Gasteiger partial charge in [0.25, 0.3) is 0 Å². The first-order valence-corrected chi connectivity index (χ1v) is 7.90. The molecule has 2 nitrogen and oxygen atoms in total. The Morgan fingerprint density at radius 3 is 2.89 bits per heavy atom. The maximum absolute atomic E-state index is 13.4. The Morgan fingerprint density at radius 1 is 1.32 bits per heavy atom. The molecule has 1 aliphatic rings. The number of thioether (sulfide) groups is 1. The first-order chi connectivity index (χ1) is 9.07. The third-order valence-electron chi connectivity index (χ3n) is 3.55. The highest BCUT2D eigenvalue weighted by molar-refractivity contribution is 8.00. The maximum Gasteiger partial charge on any atom is 0.146 e. The van der Waals surface area contributed by atoms with Crippen LogP contribution in [0.5, 0.6) is 0 Å². The van der Waals surface area contributed by atoms with Crippen LogP contribution < -0.4 is 5.32 Å². The minimum absolute atomic E-state index is 0.171. The van der Waals surface area contributed by atoms with E-state index in [1.807, 2.05) is 6.07 Å². The molecule has 1 saturated heterocycles. The van der Waals surface area contributed by atoms with Crippen molar-refractivity contribution in [3.8, 4) is 0 Å². The number of para-hydroxylation sites is 1. The van der Waals surface area contributed by atoms with Gasteiger partial charge in [0.15, 0.2) is 0 Å². The molecule has 1 aromatic rings. The second-order valence-corrected chi connectivity index (χ2v) is 7.41. The predicted molar refractivity (Wildman–Crippen MR) is 82.5 cm³/mol. The fourth-order valence-corrected chi connectivity index (χ4v) is 3.38. The lowest BCUT2D eigenvalue weighted by molar-refractivity contribution is 0.295. The molecule has 19 heavy (non-hydrogen) atoms. The molecule has 0 spiro atoms. The van der Waals surface area contributed by atoms with Crippen LogP contribution in [0.15, 0.2) is 24.3 Å². The first-order valence-electron chi connectivity index (χ1n) is 6.91. The minimum Gasteiger partial charge on any atom is -0.381 e. The molecule has 0 radical (unpaired) electrons. The second-order valence-electron chi connectivity index (χ2n) is 5.61. The first kappa shape index (κ1) is 14.7. The zero-order valence-corrected chi connectivity index (χ0v) is 12.6. The van der Waals surface area contributed by atoms with E-state index in [-0.39, 0.29) is 5.82 Å². The van der Waals surface area contributed by atoms with Gasteiger partial charge in [0.1, 0.15) is 5.82 Å². The third-order valence-corrected chi connectivity index (χ3v) is 4.92. The molecule has 1 N–H and O–H groups in total. The number of anilines is 1. The Bertz CT molecular complexity index is 409. The maximum atomic E-state index is 13.4. The van der Waals surface area contributed by atoms with Gasteiger partial charge in [-0.1, -0.05) is 26.0 Å². The number of halogens is 1. The van der Waals surface area contributed by atoms with Crippen molar-refractivity contribution in [2.24, 2.45) is 0 Å². The molecule has 0 amide bonds. The number of hydrogen-bond donors (Lipinski definition) is 1. The van der Waals surface area contributed by atoms with Crippen molar-refractivity contribution in [2.45, 2.75) is 25.0 Å². The molecule has 0 atom stereocenters. The van der Waals surface area contributed by atoms with E-state index in [1.165, 1.54) is 18.2 Å². The summed E-state index contributed by atoms with van der Waals surface area (Å²) in [5.41, 5.74) is 0.604. The van der Waals surface area contributed by atoms with Crippen molar-refractivity contribution in [2.75, 3.05) is 37.2 Å². The predicted octanol–water partition coefficient (Wildman–Crippen LogP) is 3.46. The highest BCUT2D eigenvalue weighted by Gasteiger charge is 2.23. The van der Waals surface area contributed by atoms with Gasteiger partial charge in [0.05, 0.1) is 5.69 Å². The average Bonchev–Trinajstić information content (AvgIpc) is 2.53. The summed E-state index contributed by atoms with van der Waals surface area (Å²) < 4.78 is 13.8. The summed E-state index contributed by atoms with van der Waals surface area (Å²) >= 11 is 2.06. The van der Waals surface area contributed by atoms with Crippen molar-refractivity contribution in [1.29, 1.82) is 0 Å². The van der Waals surface area contributed by atoms with Crippen LogP contribution in [-0.2, 0) is 0 Å². The second kappa shape index (κ2) is 6.62. The minimum atomic E-state index is -0.171. The van der Waals surface area contributed by atoms with Crippen molar-refractivity contribution in [1.82, 2.24) is 4.90 Å². The highest BCUT2D eigenvalue weighted by Crippen LogP contribution is 2.30. The lowest BCUT2D eigenvalue weighted by Crippen LogP contribution is -2.31. The van der Waals surface area contributed by atoms with Gasteiger partial charge in [-0.2, -0.15) is 11.8 Å². The molecule has 0 aliphatic carbocycles. The van der Waals surface area contributed by atoms with Crippen LogP contribution in [-0.4, -0.2) is 41.6 Å². The topological polar surface area (TPSA) is 15.3 Å². The monoisotopic (exact) mass is 282 g/mol. The normalized spacial score (nSPS) is 19.9. The molecule has 106 valence electrons. The van der Waals surface area contributed by atoms with Crippen LogP contribution in [0.1, 0.15) is 20.3 Å². The van der Waals surface area contributed by atoms with E-state index >= 15 is 0 Å². The van der Waals surface area contributed by atoms with Gasteiger partial charge in [-0.25, -0.2) is 4.39 Å². The van der Waals surface area contributed by atoms with Gasteiger partial charge < -0.3 is 10.2 Å². The quantitative estimate of drug-likeness (QED) is 0.910. The van der Waals surface area contributed by atoms with Crippen LogP contribution in [0, 0.1) is 5.82 Å². The van der Waals surface area contributed by atoms with Crippen LogP contribution in [0.25, 0.3) is 0 Å². The number of hydrogen-bond acceptors (Lipinski definition) is 3. The number of benzene rings is 1. The largest absolute Gasteiger partial charge is 0.381 e. The SMILES string of the molecule is CC1(C)CCN(CCNc2ccccc2F)CCS1. The molecule has 1 aliphatic heterocycles. The molecule has 4 heteroatoms. The summed E-state index contributed by atoms with van der Waals surface area (Å²) in [7, 11) is 0. The zero-order valence-electron chi connectivity index (χ0n) is 11.8. The Morgan fingerprint density at radius 2 is 2.11 bits per heavy atom. The van der Waals surface area contributed by atoms with Gasteiger partial charge in [-0.3, -0.25) is 0 Å². The Kier molecular flexibility index (Phi) is 5.11. The van der Waals surface area contributed by atoms with E-state index < -0.39 is 0 Å². The smallest absolute Gasteiger partial charge is 0.146 e. The van der Waals surface area contributed by atoms with E-state index in [0.29, 0.717) is 10.4 Å². The lowest BCUT2D eigenvalue weighted by atomic mass is 10.1. The molecule has 1 fully saturated rings. The van der Waals surface area contributed by atoms with Crippen molar-refractivity contribution in [3.63, 3.8) is 0 Å². The number of nitrogens with one attached hydrogen (secondary N) is 1. The van der Waals surface area contributed by atoms with Crippen LogP contribution in [0.4, 0.5) is 10.1 Å². The number of rotatable bonds is 4. The van der Waals surface area contributed by atoms with E-state index in [2.05, 4.69) is 35.8 Å². The fraction of sp³-hybridized carbons (Fsp3) is 0.600. The van der Waals surface area contributed by atoms with Gasteiger partial charge in [0, 0.05) is 30.1 Å². The van der Waals surface area contributed by atoms with E-state index in [4.69, 9.17) is 0 Å². The lowest BCUT2D eigenvalue weighted by Gasteiger charge is -2.22. The molecule has 1 aromatic carbocycles. The molecule has 2 rings (SSSR count). The van der Waals surface area contributed by atoms with E-state index in [0.717, 1.165) is 26.2 Å². The van der Waals surface area contributed by atoms with Gasteiger partial charge in [0.2, 0.25) is 0 Å². The Balaban J connectivity index is 1.75. The Hall–Kier alpha value is -0.740. The zero-order chi connectivity index (χ0) is 13.7. The van der Waals surface area contributed by atoms with Crippen LogP contribution in [0.3, 0.4) is 0 Å². The van der Waals surface area contributed by atoms with Crippen molar-refractivity contribution < 1.29 is 4.39 Å². The Labute approximate surface area is 119 Å². The van der Waals surface area contributed by atoms with Crippen molar-refractivity contribution in [3.05, 3.63) is 30.1 Å². The molecular weight excluding hydrogens is 259 g/mol. The van der Waals surface area contributed by atoms with Gasteiger partial charge >= 0.3 is 0 Å². The summed E-state index contributed by atoms with van der Waals surface area (Å²) in [4.78, 5) is 2.47. The molecule has 1 heterocycles. The highest BCUT2D eigenvalue weighted by atomic mass is 32.2. The third kappa shape index (κ3) is 4.69. The number of nitrogens with zero attached hydrogens (tertiary/aromatic N) is 1. The summed E-state index contributed by atoms with van der Waals surface area (Å²) in [6.45, 7) is 8.68. The molecule has 0 unspecified atom stereocenters. The summed E-state index contributed by atoms with van der Waals surface area (Å²) in [6, 6.07) is 6.86. The van der Waals surface area contributed by atoms with Crippen LogP contribution in [0.2, 0.25) is 0 Å². The van der Waals surface area contributed by atoms with E-state index in [1.54, 1.807) is 12.1 Å². The summed E-state index contributed by atoms with van der Waals surface area (Å²) in [6.07, 6.45) is 1.22. The van der Waals surface area contributed by atoms with E-state index in [9.17, 15) is 4.39 Å². The molecule has 0 aromatic heterocycles. The average molecular weight is 282 g/mol. The van der Waals surface area contributed by atoms with Crippen LogP contribution >= 0.6 is 11.8 Å². The van der Waals surface area contributed by atoms with Crippen molar-refractivity contribution >= 4 is 17.4 Å². The fourth-order valence-electron chi connectivity index (χ4n) is 2.24. The van der Waals surface area contributed by atoms with Gasteiger partial charge in [-0.05, 0) is 25.1 Å². The molecule has 0 saturated carbocycles. The van der Waals surface area contributed by atoms with Gasteiger partial charge in [-0.15, -0.1) is 0 Å². The molecule has 0 bridgehead atoms. The molecular formula is C15H23FN2S.